The van der Waals surface area contributed by atoms with Crippen molar-refractivity contribution in [3.05, 3.63) is 122 Å². The third-order valence-corrected chi connectivity index (χ3v) is 6.67. The van der Waals surface area contributed by atoms with Crippen LogP contribution < -0.4 is 4.40 Å². The van der Waals surface area contributed by atoms with Gasteiger partial charge >= 0.3 is 0 Å². The van der Waals surface area contributed by atoms with E-state index in [2.05, 4.69) is 126 Å². The van der Waals surface area contributed by atoms with Crippen molar-refractivity contribution in [3.8, 4) is 11.1 Å². The smallest absolute Gasteiger partial charge is 0.167 e. The highest BCUT2D eigenvalue weighted by atomic mass is 14.8. The number of hydrogen-bond donors (Lipinski definition) is 0. The maximum absolute atomic E-state index is 2.34. The predicted octanol–water partition coefficient (Wildman–Crippen LogP) is 7.71. The van der Waals surface area contributed by atoms with E-state index in [1.807, 2.05) is 0 Å². The number of aromatic nitrogens is 1. The normalized spacial score (nSPS) is 11.8. The Bertz CT molecular complexity index is 1830. The largest absolute Gasteiger partial charge is 0.211 e. The summed E-state index contributed by atoms with van der Waals surface area (Å²) >= 11 is 0. The third kappa shape index (κ3) is 2.55. The number of rotatable bonds is 1. The lowest BCUT2D eigenvalue weighted by Gasteiger charge is -2.12. The number of fused-ring (bicyclic) bond motifs is 7. The Hall–Kier alpha value is -4.23. The number of nitrogens with zero attached hydrogens (tertiary/aromatic N) is 1. The van der Waals surface area contributed by atoms with Crippen LogP contribution >= 0.6 is 0 Å². The summed E-state index contributed by atoms with van der Waals surface area (Å²) in [5, 5.41) is 10.3. The van der Waals surface area contributed by atoms with Gasteiger partial charge in [0, 0.05) is 29.0 Å². The summed E-state index contributed by atoms with van der Waals surface area (Å²) in [6.07, 6.45) is 4.32. The summed E-state index contributed by atoms with van der Waals surface area (Å²) < 4.78 is 2.18. The zero-order valence-corrected chi connectivity index (χ0v) is 17.5. The molecule has 32 heavy (non-hydrogen) atoms. The first kappa shape index (κ1) is 17.5. The van der Waals surface area contributed by atoms with Gasteiger partial charge in [0.2, 0.25) is 5.52 Å². The fourth-order valence-electron chi connectivity index (χ4n) is 5.11. The Morgan fingerprint density at radius 3 is 2.09 bits per heavy atom. The summed E-state index contributed by atoms with van der Waals surface area (Å²) in [6, 6.07) is 39.8. The molecule has 0 bridgehead atoms. The second kappa shape index (κ2) is 6.63. The van der Waals surface area contributed by atoms with Crippen LogP contribution in [0.15, 0.2) is 122 Å². The van der Waals surface area contributed by atoms with Crippen LogP contribution in [0.1, 0.15) is 0 Å². The minimum absolute atomic E-state index is 1.21. The highest BCUT2D eigenvalue weighted by Gasteiger charge is 2.11. The van der Waals surface area contributed by atoms with Crippen LogP contribution in [0.3, 0.4) is 0 Å². The van der Waals surface area contributed by atoms with Gasteiger partial charge in [-0.25, -0.2) is 0 Å². The molecule has 7 aromatic rings. The molecule has 0 spiro atoms. The topological polar surface area (TPSA) is 4.10 Å². The van der Waals surface area contributed by atoms with Crippen molar-refractivity contribution >= 4 is 48.6 Å². The van der Waals surface area contributed by atoms with Crippen LogP contribution in [0.25, 0.3) is 59.7 Å². The molecule has 0 unspecified atom stereocenters. The first-order valence-electron chi connectivity index (χ1n) is 11.0. The molecule has 0 N–H and O–H groups in total. The van der Waals surface area contributed by atoms with Gasteiger partial charge in [-0.3, -0.25) is 0 Å². The van der Waals surface area contributed by atoms with Gasteiger partial charge < -0.3 is 0 Å². The molecule has 0 saturated carbocycles. The van der Waals surface area contributed by atoms with Crippen LogP contribution in [-0.2, 0) is 0 Å². The van der Waals surface area contributed by atoms with Gasteiger partial charge in [-0.1, -0.05) is 66.7 Å². The fraction of sp³-hybridized carbons (Fsp3) is 0. The van der Waals surface area contributed by atoms with Crippen molar-refractivity contribution in [1.29, 1.82) is 0 Å². The van der Waals surface area contributed by atoms with Crippen molar-refractivity contribution in [1.82, 2.24) is 0 Å². The lowest BCUT2D eigenvalue weighted by atomic mass is 9.91. The first-order chi connectivity index (χ1) is 15.8. The molecule has 7 rings (SSSR count). The predicted molar refractivity (Wildman–Crippen MR) is 135 cm³/mol. The maximum Gasteiger partial charge on any atom is 0.211 e. The molecule has 1 heteroatoms. The van der Waals surface area contributed by atoms with Gasteiger partial charge in [0.15, 0.2) is 12.4 Å². The monoisotopic (exact) mass is 406 g/mol. The molecule has 0 aliphatic heterocycles. The van der Waals surface area contributed by atoms with Crippen molar-refractivity contribution in [2.24, 2.45) is 0 Å². The van der Waals surface area contributed by atoms with Crippen LogP contribution in [0.2, 0.25) is 0 Å². The molecule has 148 valence electrons. The molecule has 2 aromatic heterocycles. The molecule has 0 aliphatic rings. The second-order valence-corrected chi connectivity index (χ2v) is 8.50. The van der Waals surface area contributed by atoms with E-state index in [-0.39, 0.29) is 0 Å². The van der Waals surface area contributed by atoms with Crippen molar-refractivity contribution in [3.63, 3.8) is 0 Å². The standard InChI is InChI=1S/C31H20N/c1-2-9-26-21(7-1)18-30(29-11-4-3-10-28(26)29)23-14-15-27-22(17-23)12-13-24-20-32-16-6-5-8-25(32)19-31(24)27/h1-20H/q+1. The Kier molecular flexibility index (Phi) is 3.62. The molecule has 0 saturated heterocycles. The van der Waals surface area contributed by atoms with Crippen molar-refractivity contribution < 1.29 is 4.40 Å². The van der Waals surface area contributed by atoms with Gasteiger partial charge in [0.25, 0.3) is 0 Å². The molecule has 1 nitrogen and oxygen atoms in total. The Balaban J connectivity index is 1.51. The summed E-state index contributed by atoms with van der Waals surface area (Å²) in [7, 11) is 0. The van der Waals surface area contributed by atoms with Crippen molar-refractivity contribution in [2.45, 2.75) is 0 Å². The molecule has 0 radical (unpaired) electrons. The van der Waals surface area contributed by atoms with Crippen LogP contribution in [0.4, 0.5) is 0 Å². The molecule has 0 fully saturated rings. The van der Waals surface area contributed by atoms with Gasteiger partial charge in [-0.05, 0) is 67.7 Å². The zero-order valence-electron chi connectivity index (χ0n) is 17.5. The lowest BCUT2D eigenvalue weighted by molar-refractivity contribution is -0.510. The van der Waals surface area contributed by atoms with Gasteiger partial charge in [0.1, 0.15) is 0 Å². The summed E-state index contributed by atoms with van der Waals surface area (Å²) in [5.74, 6) is 0. The van der Waals surface area contributed by atoms with Crippen molar-refractivity contribution in [2.75, 3.05) is 0 Å². The van der Waals surface area contributed by atoms with E-state index in [4.69, 9.17) is 0 Å². The average molecular weight is 407 g/mol. The third-order valence-electron chi connectivity index (χ3n) is 6.67. The Morgan fingerprint density at radius 1 is 0.438 bits per heavy atom. The van der Waals surface area contributed by atoms with Crippen LogP contribution in [0, 0.1) is 0 Å². The van der Waals surface area contributed by atoms with E-state index in [9.17, 15) is 0 Å². The highest BCUT2D eigenvalue weighted by Crippen LogP contribution is 2.37. The summed E-state index contributed by atoms with van der Waals surface area (Å²) in [4.78, 5) is 0. The lowest BCUT2D eigenvalue weighted by Crippen LogP contribution is -2.19. The highest BCUT2D eigenvalue weighted by molar-refractivity contribution is 6.15. The van der Waals surface area contributed by atoms with E-state index in [0.717, 1.165) is 0 Å². The number of benzene rings is 5. The zero-order chi connectivity index (χ0) is 21.1. The van der Waals surface area contributed by atoms with E-state index in [1.54, 1.807) is 0 Å². The van der Waals surface area contributed by atoms with E-state index < -0.39 is 0 Å². The SMILES string of the molecule is c1ccc2c(c1)cc(-c1ccc3c(ccc4c[n+]5ccccc5cc43)c1)c1ccccc12. The minimum Gasteiger partial charge on any atom is -0.167 e. The molecular formula is C31H20N+. The quantitative estimate of drug-likeness (QED) is 0.149. The van der Waals surface area contributed by atoms with Gasteiger partial charge in [-0.15, -0.1) is 0 Å². The number of hydrogen-bond acceptors (Lipinski definition) is 0. The fourth-order valence-corrected chi connectivity index (χ4v) is 5.11. The second-order valence-electron chi connectivity index (χ2n) is 8.50. The van der Waals surface area contributed by atoms with E-state index in [0.29, 0.717) is 0 Å². The van der Waals surface area contributed by atoms with E-state index >= 15 is 0 Å². The molecular weight excluding hydrogens is 386 g/mol. The van der Waals surface area contributed by atoms with Crippen LogP contribution in [-0.4, -0.2) is 0 Å². The summed E-state index contributed by atoms with van der Waals surface area (Å²) in [6.45, 7) is 0. The molecule has 0 atom stereocenters. The molecule has 2 heterocycles. The Labute approximate surface area is 185 Å². The molecule has 0 amide bonds. The first-order valence-corrected chi connectivity index (χ1v) is 11.0. The van der Waals surface area contributed by atoms with Gasteiger partial charge in [0.05, 0.1) is 0 Å². The van der Waals surface area contributed by atoms with E-state index in [1.165, 1.54) is 59.7 Å². The maximum atomic E-state index is 2.34. The number of pyridine rings is 2. The minimum atomic E-state index is 1.21. The average Bonchev–Trinajstić information content (AvgIpc) is 2.86. The Morgan fingerprint density at radius 2 is 1.16 bits per heavy atom. The summed E-state index contributed by atoms with van der Waals surface area (Å²) in [5.41, 5.74) is 3.75. The molecule has 0 aliphatic carbocycles. The van der Waals surface area contributed by atoms with Crippen LogP contribution in [0.5, 0.6) is 0 Å². The van der Waals surface area contributed by atoms with Gasteiger partial charge in [-0.2, -0.15) is 4.40 Å². The molecule has 5 aromatic carbocycles.